The van der Waals surface area contributed by atoms with Crippen molar-refractivity contribution in [3.05, 3.63) is 21.8 Å². The van der Waals surface area contributed by atoms with Gasteiger partial charge in [-0.2, -0.15) is 5.26 Å². The summed E-state index contributed by atoms with van der Waals surface area (Å²) in [5, 5.41) is 9.63. The van der Waals surface area contributed by atoms with Crippen LogP contribution in [0.4, 0.5) is 5.82 Å². The maximum atomic E-state index is 12.6. The van der Waals surface area contributed by atoms with Crippen molar-refractivity contribution in [3.8, 4) is 6.07 Å². The minimum absolute atomic E-state index is 0.177. The number of nitriles is 1. The molecule has 2 aliphatic carbocycles. The molecule has 1 aliphatic heterocycles. The largest absolute Gasteiger partial charge is 0.384 e. The van der Waals surface area contributed by atoms with Crippen molar-refractivity contribution in [2.45, 2.75) is 44.1 Å². The van der Waals surface area contributed by atoms with Gasteiger partial charge in [-0.3, -0.25) is 4.79 Å². The van der Waals surface area contributed by atoms with Gasteiger partial charge in [0.05, 0.1) is 30.3 Å². The quantitative estimate of drug-likeness (QED) is 0.690. The van der Waals surface area contributed by atoms with Gasteiger partial charge < -0.3 is 14.5 Å². The number of amides is 1. The molecule has 1 aromatic heterocycles. The van der Waals surface area contributed by atoms with E-state index in [0.717, 1.165) is 29.1 Å². The number of pyridine rings is 1. The second-order valence-corrected chi connectivity index (χ2v) is 8.65. The zero-order valence-electron chi connectivity index (χ0n) is 15.7. The van der Waals surface area contributed by atoms with Gasteiger partial charge in [-0.05, 0) is 53.6 Å². The van der Waals surface area contributed by atoms with Crippen molar-refractivity contribution in [1.29, 1.82) is 5.26 Å². The number of piperazine rings is 1. The first-order valence-corrected chi connectivity index (χ1v) is 10.6. The molecule has 0 bridgehead atoms. The van der Waals surface area contributed by atoms with Gasteiger partial charge in [0.1, 0.15) is 11.9 Å². The third kappa shape index (κ3) is 3.97. The third-order valence-electron chi connectivity index (χ3n) is 5.79. The van der Waals surface area contributed by atoms with Crippen LogP contribution in [0.5, 0.6) is 0 Å². The molecule has 3 aliphatic rings. The Morgan fingerprint density at radius 2 is 2.15 bits per heavy atom. The number of rotatable bonds is 6. The molecular formula is C20H25BrN4O2. The van der Waals surface area contributed by atoms with Gasteiger partial charge in [-0.1, -0.05) is 0 Å². The summed E-state index contributed by atoms with van der Waals surface area (Å²) in [7, 11) is 1.63. The van der Waals surface area contributed by atoms with Crippen molar-refractivity contribution in [2.24, 2.45) is 5.92 Å². The Bertz CT molecular complexity index is 770. The average molecular weight is 433 g/mol. The maximum absolute atomic E-state index is 12.6. The van der Waals surface area contributed by atoms with Gasteiger partial charge in [0.25, 0.3) is 0 Å². The monoisotopic (exact) mass is 432 g/mol. The zero-order valence-corrected chi connectivity index (χ0v) is 17.2. The molecule has 2 saturated carbocycles. The number of anilines is 1. The van der Waals surface area contributed by atoms with Crippen molar-refractivity contribution in [2.75, 3.05) is 38.3 Å². The Labute approximate surface area is 168 Å². The van der Waals surface area contributed by atoms with Crippen molar-refractivity contribution in [1.82, 2.24) is 9.88 Å². The highest BCUT2D eigenvalue weighted by Crippen LogP contribution is 2.44. The molecule has 1 atom stereocenters. The molecule has 7 heteroatoms. The highest BCUT2D eigenvalue weighted by atomic mass is 79.9. The van der Waals surface area contributed by atoms with Gasteiger partial charge in [0.2, 0.25) is 5.91 Å². The second-order valence-electron chi connectivity index (χ2n) is 7.79. The fourth-order valence-corrected chi connectivity index (χ4v) is 4.63. The Kier molecular flexibility index (Phi) is 5.38. The molecule has 144 valence electrons. The number of ether oxygens (including phenoxy) is 1. The van der Waals surface area contributed by atoms with Crippen LogP contribution >= 0.6 is 15.9 Å². The minimum atomic E-state index is 0.177. The molecule has 3 fully saturated rings. The van der Waals surface area contributed by atoms with Crippen LogP contribution in [0.25, 0.3) is 0 Å². The summed E-state index contributed by atoms with van der Waals surface area (Å²) in [5.74, 6) is 2.05. The molecule has 1 aromatic rings. The Morgan fingerprint density at radius 3 is 2.78 bits per heavy atom. The summed E-state index contributed by atoms with van der Waals surface area (Å²) in [6, 6.07) is 4.44. The summed E-state index contributed by atoms with van der Waals surface area (Å²) in [5.41, 5.74) is 1.69. The van der Waals surface area contributed by atoms with Gasteiger partial charge in [-0.15, -0.1) is 0 Å². The van der Waals surface area contributed by atoms with Crippen molar-refractivity contribution < 1.29 is 9.53 Å². The molecule has 4 rings (SSSR count). The number of hydrogen-bond acceptors (Lipinski definition) is 5. The number of nitrogens with zero attached hydrogens (tertiary/aromatic N) is 4. The maximum Gasteiger partial charge on any atom is 0.225 e. The second kappa shape index (κ2) is 7.76. The van der Waals surface area contributed by atoms with Crippen LogP contribution in [0, 0.1) is 17.2 Å². The fourth-order valence-electron chi connectivity index (χ4n) is 3.99. The van der Waals surface area contributed by atoms with Crippen LogP contribution < -0.4 is 4.90 Å². The standard InChI is InChI=1S/C20H25BrN4O2/c1-27-9-6-18(26)25-8-7-24(12-17(25)13-2-3-13)20-15(11-22)10-16(21)19(23-20)14-4-5-14/h10,13-14,17H,2-9,12H2,1H3/t17-/m0/s1. The SMILES string of the molecule is COCCC(=O)N1CCN(c2nc(C3CC3)c(Br)cc2C#N)C[C@H]1C1CC1. The van der Waals surface area contributed by atoms with Crippen LogP contribution in [0.1, 0.15) is 49.3 Å². The van der Waals surface area contributed by atoms with E-state index in [2.05, 4.69) is 26.9 Å². The lowest BCUT2D eigenvalue weighted by atomic mass is 10.1. The number of hydrogen-bond donors (Lipinski definition) is 0. The summed E-state index contributed by atoms with van der Waals surface area (Å²) < 4.78 is 6.02. The van der Waals surface area contributed by atoms with E-state index in [9.17, 15) is 10.1 Å². The topological polar surface area (TPSA) is 69.5 Å². The highest BCUT2D eigenvalue weighted by molar-refractivity contribution is 9.10. The van der Waals surface area contributed by atoms with Gasteiger partial charge in [0.15, 0.2) is 0 Å². The predicted molar refractivity (Wildman–Crippen MR) is 106 cm³/mol. The third-order valence-corrected chi connectivity index (χ3v) is 6.43. The molecule has 0 aromatic carbocycles. The van der Waals surface area contributed by atoms with Crippen LogP contribution in [0.2, 0.25) is 0 Å². The molecule has 1 saturated heterocycles. The molecule has 0 radical (unpaired) electrons. The van der Waals surface area contributed by atoms with Gasteiger partial charge >= 0.3 is 0 Å². The smallest absolute Gasteiger partial charge is 0.225 e. The predicted octanol–water partition coefficient (Wildman–Crippen LogP) is 3.06. The summed E-state index contributed by atoms with van der Waals surface area (Å²) in [6.07, 6.45) is 5.13. The normalized spacial score (nSPS) is 22.6. The lowest BCUT2D eigenvalue weighted by Crippen LogP contribution is -2.56. The van der Waals surface area contributed by atoms with Gasteiger partial charge in [0, 0.05) is 37.1 Å². The summed E-state index contributed by atoms with van der Waals surface area (Å²) in [4.78, 5) is 21.8. The zero-order chi connectivity index (χ0) is 19.0. The first-order valence-electron chi connectivity index (χ1n) is 9.76. The molecular weight excluding hydrogens is 408 g/mol. The Morgan fingerprint density at radius 1 is 1.37 bits per heavy atom. The molecule has 27 heavy (non-hydrogen) atoms. The van der Waals surface area contributed by atoms with Crippen LogP contribution in [-0.2, 0) is 9.53 Å². The fraction of sp³-hybridized carbons (Fsp3) is 0.650. The first-order chi connectivity index (χ1) is 13.1. The molecule has 6 nitrogen and oxygen atoms in total. The van der Waals surface area contributed by atoms with Crippen molar-refractivity contribution >= 4 is 27.7 Å². The highest BCUT2D eigenvalue weighted by Gasteiger charge is 2.41. The number of carbonyl (C=O) groups excluding carboxylic acids is 1. The number of methoxy groups -OCH3 is 1. The number of halogens is 1. The van der Waals surface area contributed by atoms with E-state index in [-0.39, 0.29) is 11.9 Å². The number of aromatic nitrogens is 1. The molecule has 0 N–H and O–H groups in total. The first kappa shape index (κ1) is 18.7. The van der Waals surface area contributed by atoms with E-state index in [4.69, 9.17) is 9.72 Å². The molecule has 1 amide bonds. The average Bonchev–Trinajstić information content (AvgIpc) is 3.57. The van der Waals surface area contributed by atoms with Crippen LogP contribution in [0.3, 0.4) is 0 Å². The summed E-state index contributed by atoms with van der Waals surface area (Å²) >= 11 is 3.59. The van der Waals surface area contributed by atoms with E-state index >= 15 is 0 Å². The van der Waals surface area contributed by atoms with Crippen LogP contribution in [-0.4, -0.2) is 55.2 Å². The summed E-state index contributed by atoms with van der Waals surface area (Å²) in [6.45, 7) is 2.63. The molecule has 0 unspecified atom stereocenters. The van der Waals surface area contributed by atoms with E-state index in [0.29, 0.717) is 37.0 Å². The lowest BCUT2D eigenvalue weighted by Gasteiger charge is -2.42. The van der Waals surface area contributed by atoms with Gasteiger partial charge in [-0.25, -0.2) is 4.98 Å². The van der Waals surface area contributed by atoms with Crippen molar-refractivity contribution in [3.63, 3.8) is 0 Å². The Hall–Kier alpha value is -1.65. The number of carbonyl (C=O) groups is 1. The van der Waals surface area contributed by atoms with E-state index < -0.39 is 0 Å². The lowest BCUT2D eigenvalue weighted by molar-refractivity contribution is -0.135. The molecule has 0 spiro atoms. The minimum Gasteiger partial charge on any atom is -0.384 e. The van der Waals surface area contributed by atoms with E-state index in [1.807, 2.05) is 11.0 Å². The van der Waals surface area contributed by atoms with E-state index in [1.54, 1.807) is 7.11 Å². The Balaban J connectivity index is 1.56. The van der Waals surface area contributed by atoms with E-state index in [1.165, 1.54) is 25.7 Å². The van der Waals surface area contributed by atoms with Crippen LogP contribution in [0.15, 0.2) is 10.5 Å². The molecule has 2 heterocycles.